The summed E-state index contributed by atoms with van der Waals surface area (Å²) in [4.78, 5) is 13.6. The molecule has 1 amide bonds. The third-order valence-corrected chi connectivity index (χ3v) is 4.56. The van der Waals surface area contributed by atoms with E-state index in [0.717, 1.165) is 12.1 Å². The zero-order valence-electron chi connectivity index (χ0n) is 15.8. The highest BCUT2D eigenvalue weighted by atomic mass is 19.4. The van der Waals surface area contributed by atoms with Gasteiger partial charge in [-0.05, 0) is 63.3 Å². The first-order valence-corrected chi connectivity index (χ1v) is 8.87. The van der Waals surface area contributed by atoms with Gasteiger partial charge < -0.3 is 19.8 Å². The van der Waals surface area contributed by atoms with Gasteiger partial charge in [-0.1, -0.05) is 6.07 Å². The van der Waals surface area contributed by atoms with Crippen molar-refractivity contribution in [2.75, 3.05) is 19.7 Å². The molecule has 0 saturated carbocycles. The van der Waals surface area contributed by atoms with Crippen LogP contribution in [0.4, 0.5) is 18.0 Å². The molecule has 1 saturated heterocycles. The van der Waals surface area contributed by atoms with Crippen molar-refractivity contribution in [1.29, 1.82) is 0 Å². The van der Waals surface area contributed by atoms with Crippen molar-refractivity contribution in [2.24, 2.45) is 0 Å². The van der Waals surface area contributed by atoms with Crippen molar-refractivity contribution in [3.63, 3.8) is 0 Å². The fourth-order valence-corrected chi connectivity index (χ4v) is 3.18. The monoisotopic (exact) mass is 389 g/mol. The molecule has 1 heterocycles. The summed E-state index contributed by atoms with van der Waals surface area (Å²) in [6.45, 7) is 5.33. The highest BCUT2D eigenvalue weighted by Crippen LogP contribution is 2.39. The number of amides is 1. The summed E-state index contributed by atoms with van der Waals surface area (Å²) < 4.78 is 44.6. The van der Waals surface area contributed by atoms with E-state index in [0.29, 0.717) is 5.56 Å². The lowest BCUT2D eigenvalue weighted by molar-refractivity contribution is -0.137. The summed E-state index contributed by atoms with van der Waals surface area (Å²) in [5, 5.41) is 20.2. The average molecular weight is 389 g/mol. The smallest absolute Gasteiger partial charge is 0.416 e. The van der Waals surface area contributed by atoms with E-state index in [1.807, 2.05) is 0 Å². The number of hydrogen-bond donors (Lipinski definition) is 2. The molecule has 27 heavy (non-hydrogen) atoms. The van der Waals surface area contributed by atoms with Gasteiger partial charge in [0.15, 0.2) is 0 Å². The van der Waals surface area contributed by atoms with Crippen LogP contribution in [-0.2, 0) is 22.9 Å². The third-order valence-electron chi connectivity index (χ3n) is 4.56. The predicted molar refractivity (Wildman–Crippen MR) is 93.2 cm³/mol. The number of nitrogens with zero attached hydrogens (tertiary/aromatic N) is 1. The fraction of sp³-hybridized carbons (Fsp3) is 0.632. The highest BCUT2D eigenvalue weighted by molar-refractivity contribution is 5.68. The van der Waals surface area contributed by atoms with Crippen LogP contribution in [0.3, 0.4) is 0 Å². The molecule has 8 heteroatoms. The minimum Gasteiger partial charge on any atom is -0.444 e. The molecule has 2 rings (SSSR count). The topological polar surface area (TPSA) is 70.0 Å². The fourth-order valence-electron chi connectivity index (χ4n) is 3.18. The molecule has 5 nitrogen and oxygen atoms in total. The van der Waals surface area contributed by atoms with E-state index >= 15 is 0 Å². The van der Waals surface area contributed by atoms with E-state index in [1.165, 1.54) is 11.0 Å². The Bertz CT molecular complexity index is 675. The first-order valence-electron chi connectivity index (χ1n) is 8.87. The molecule has 1 aromatic rings. The maximum absolute atomic E-state index is 13.1. The van der Waals surface area contributed by atoms with Gasteiger partial charge in [-0.2, -0.15) is 13.2 Å². The van der Waals surface area contributed by atoms with E-state index in [1.54, 1.807) is 20.8 Å². The predicted octanol–water partition coefficient (Wildman–Crippen LogP) is 3.46. The number of carbonyl (C=O) groups excluding carboxylic acids is 1. The maximum Gasteiger partial charge on any atom is 0.416 e. The molecule has 2 N–H and O–H groups in total. The lowest BCUT2D eigenvalue weighted by Crippen LogP contribution is -2.47. The molecular formula is C19H26F3NO4. The molecule has 1 aliphatic rings. The second kappa shape index (κ2) is 7.67. The van der Waals surface area contributed by atoms with E-state index in [-0.39, 0.29) is 44.5 Å². The largest absolute Gasteiger partial charge is 0.444 e. The van der Waals surface area contributed by atoms with E-state index < -0.39 is 29.0 Å². The number of aliphatic hydroxyl groups is 2. The number of ether oxygens (including phenoxy) is 1. The van der Waals surface area contributed by atoms with Crippen LogP contribution < -0.4 is 0 Å². The Kier molecular flexibility index (Phi) is 6.11. The lowest BCUT2D eigenvalue weighted by atomic mass is 9.80. The number of halogens is 3. The molecule has 0 unspecified atom stereocenters. The van der Waals surface area contributed by atoms with E-state index in [2.05, 4.69) is 0 Å². The maximum atomic E-state index is 13.1. The van der Waals surface area contributed by atoms with Gasteiger partial charge in [0.2, 0.25) is 0 Å². The molecule has 0 aromatic heterocycles. The Balaban J connectivity index is 2.24. The van der Waals surface area contributed by atoms with Gasteiger partial charge in [0.1, 0.15) is 5.60 Å². The molecule has 0 radical (unpaired) electrons. The molecule has 0 spiro atoms. The zero-order chi connectivity index (χ0) is 20.5. The SMILES string of the molecule is CC(C)(C)OC(=O)N1CCC(O)(c2cc(C(F)(F)F)ccc2CCO)CC1. The average Bonchev–Trinajstić information content (AvgIpc) is 2.53. The van der Waals surface area contributed by atoms with Crippen molar-refractivity contribution in [3.05, 3.63) is 34.9 Å². The van der Waals surface area contributed by atoms with Gasteiger partial charge >= 0.3 is 12.3 Å². The Hall–Kier alpha value is -1.80. The van der Waals surface area contributed by atoms with Crippen LogP contribution in [0.15, 0.2) is 18.2 Å². The molecule has 1 fully saturated rings. The van der Waals surface area contributed by atoms with Crippen LogP contribution in [0.25, 0.3) is 0 Å². The minimum absolute atomic E-state index is 0.0893. The standard InChI is InChI=1S/C19H26F3NO4/c1-17(2,3)27-16(25)23-9-7-18(26,8-10-23)15-12-14(19(20,21)22)5-4-13(15)6-11-24/h4-5,12,24,26H,6-11H2,1-3H3. The van der Waals surface area contributed by atoms with Gasteiger partial charge in [0.05, 0.1) is 11.2 Å². The van der Waals surface area contributed by atoms with E-state index in [9.17, 15) is 28.2 Å². The van der Waals surface area contributed by atoms with Gasteiger partial charge in [-0.25, -0.2) is 4.79 Å². The second-order valence-corrected chi connectivity index (χ2v) is 7.84. The zero-order valence-corrected chi connectivity index (χ0v) is 15.8. The van der Waals surface area contributed by atoms with Gasteiger partial charge in [0, 0.05) is 19.7 Å². The third kappa shape index (κ3) is 5.35. The van der Waals surface area contributed by atoms with Crippen LogP contribution in [0.1, 0.15) is 50.3 Å². The summed E-state index contributed by atoms with van der Waals surface area (Å²) in [6.07, 6.45) is -4.71. The Morgan fingerprint density at radius 1 is 1.22 bits per heavy atom. The van der Waals surface area contributed by atoms with E-state index in [4.69, 9.17) is 4.74 Å². The number of alkyl halides is 3. The Morgan fingerprint density at radius 3 is 2.30 bits per heavy atom. The van der Waals surface area contributed by atoms with Gasteiger partial charge in [0.25, 0.3) is 0 Å². The van der Waals surface area contributed by atoms with Crippen molar-refractivity contribution in [1.82, 2.24) is 4.90 Å². The number of aliphatic hydroxyl groups excluding tert-OH is 1. The first kappa shape index (κ1) is 21.5. The number of rotatable bonds is 3. The van der Waals surface area contributed by atoms with Crippen LogP contribution in [0, 0.1) is 0 Å². The van der Waals surface area contributed by atoms with Crippen LogP contribution in [0.5, 0.6) is 0 Å². The number of benzene rings is 1. The first-order chi connectivity index (χ1) is 12.4. The van der Waals surface area contributed by atoms with Gasteiger partial charge in [-0.15, -0.1) is 0 Å². The van der Waals surface area contributed by atoms with Crippen molar-refractivity contribution >= 4 is 6.09 Å². The van der Waals surface area contributed by atoms with Crippen LogP contribution in [-0.4, -0.2) is 46.5 Å². The molecule has 0 aliphatic carbocycles. The summed E-state index contributed by atoms with van der Waals surface area (Å²) in [5.41, 5.74) is -2.36. The number of likely N-dealkylation sites (tertiary alicyclic amines) is 1. The van der Waals surface area contributed by atoms with Crippen molar-refractivity contribution in [3.8, 4) is 0 Å². The van der Waals surface area contributed by atoms with Crippen molar-refractivity contribution in [2.45, 2.75) is 57.4 Å². The van der Waals surface area contributed by atoms with Crippen LogP contribution >= 0.6 is 0 Å². The molecule has 1 aliphatic heterocycles. The van der Waals surface area contributed by atoms with Crippen LogP contribution in [0.2, 0.25) is 0 Å². The number of piperidine rings is 1. The summed E-state index contributed by atoms with van der Waals surface area (Å²) in [7, 11) is 0. The Morgan fingerprint density at radius 2 is 1.81 bits per heavy atom. The number of hydrogen-bond acceptors (Lipinski definition) is 4. The summed E-state index contributed by atoms with van der Waals surface area (Å²) in [6, 6.07) is 3.20. The molecular weight excluding hydrogens is 363 g/mol. The quantitative estimate of drug-likeness (QED) is 0.831. The lowest BCUT2D eigenvalue weighted by Gasteiger charge is -2.40. The van der Waals surface area contributed by atoms with Gasteiger partial charge in [-0.3, -0.25) is 0 Å². The molecule has 1 aromatic carbocycles. The normalized spacial score (nSPS) is 17.7. The van der Waals surface area contributed by atoms with Crippen molar-refractivity contribution < 1.29 is 32.9 Å². The summed E-state index contributed by atoms with van der Waals surface area (Å²) in [5.74, 6) is 0. The number of carbonyl (C=O) groups is 1. The summed E-state index contributed by atoms with van der Waals surface area (Å²) >= 11 is 0. The minimum atomic E-state index is -4.53. The molecule has 152 valence electrons. The second-order valence-electron chi connectivity index (χ2n) is 7.84. The highest BCUT2D eigenvalue weighted by Gasteiger charge is 2.40. The molecule has 0 atom stereocenters. The Labute approximate surface area is 156 Å². The molecule has 0 bridgehead atoms.